The summed E-state index contributed by atoms with van der Waals surface area (Å²) in [7, 11) is 0. The fourth-order valence-corrected chi connectivity index (χ4v) is 4.36. The zero-order valence-electron chi connectivity index (χ0n) is 20.2. The summed E-state index contributed by atoms with van der Waals surface area (Å²) >= 11 is 0. The second kappa shape index (κ2) is 10.9. The van der Waals surface area contributed by atoms with E-state index >= 15 is 0 Å². The highest BCUT2D eigenvalue weighted by Gasteiger charge is 2.26. The molecule has 9 heteroatoms. The summed E-state index contributed by atoms with van der Waals surface area (Å²) in [5.41, 5.74) is 8.07. The van der Waals surface area contributed by atoms with Crippen LogP contribution in [0.15, 0.2) is 85.5 Å². The van der Waals surface area contributed by atoms with Gasteiger partial charge in [0.15, 0.2) is 0 Å². The normalized spacial score (nSPS) is 15.1. The number of para-hydroxylation sites is 1. The van der Waals surface area contributed by atoms with Crippen LogP contribution in [0.4, 0.5) is 11.6 Å². The topological polar surface area (TPSA) is 130 Å². The predicted molar refractivity (Wildman–Crippen MR) is 142 cm³/mol. The first-order chi connectivity index (χ1) is 18.1. The fourth-order valence-electron chi connectivity index (χ4n) is 4.36. The highest BCUT2D eigenvalue weighted by atomic mass is 16.5. The Bertz CT molecular complexity index is 1380. The molecule has 4 N–H and O–H groups in total. The van der Waals surface area contributed by atoms with E-state index < -0.39 is 0 Å². The van der Waals surface area contributed by atoms with Crippen molar-refractivity contribution in [2.75, 3.05) is 24.1 Å². The Kier molecular flexibility index (Phi) is 7.02. The molecule has 0 bridgehead atoms. The molecule has 1 atom stereocenters. The molecule has 1 aliphatic heterocycles. The minimum Gasteiger partial charge on any atom is -0.457 e. The van der Waals surface area contributed by atoms with Gasteiger partial charge in [-0.15, -0.1) is 0 Å². The van der Waals surface area contributed by atoms with Crippen LogP contribution >= 0.6 is 0 Å². The van der Waals surface area contributed by atoms with Crippen molar-refractivity contribution in [1.82, 2.24) is 19.9 Å². The van der Waals surface area contributed by atoms with Crippen LogP contribution in [0, 0.1) is 5.41 Å². The second-order valence-electron chi connectivity index (χ2n) is 8.77. The molecule has 9 nitrogen and oxygen atoms in total. The minimum absolute atomic E-state index is 0.0446. The summed E-state index contributed by atoms with van der Waals surface area (Å²) in [6, 6.07) is 20.2. The van der Waals surface area contributed by atoms with E-state index in [-0.39, 0.29) is 23.5 Å². The number of nitrogen functional groups attached to an aromatic ring is 1. The summed E-state index contributed by atoms with van der Waals surface area (Å²) in [6.07, 6.45) is 6.32. The molecule has 37 heavy (non-hydrogen) atoms. The third-order valence-corrected chi connectivity index (χ3v) is 6.21. The van der Waals surface area contributed by atoms with Crippen LogP contribution in [0.3, 0.4) is 0 Å². The quantitative estimate of drug-likeness (QED) is 0.326. The summed E-state index contributed by atoms with van der Waals surface area (Å²) in [5, 5.41) is 12.3. The maximum absolute atomic E-state index is 12.9. The largest absolute Gasteiger partial charge is 0.457 e. The lowest BCUT2D eigenvalue weighted by atomic mass is 10.0. The lowest BCUT2D eigenvalue weighted by molar-refractivity contribution is 0.0714. The van der Waals surface area contributed by atoms with E-state index in [9.17, 15) is 4.79 Å². The number of anilines is 2. The van der Waals surface area contributed by atoms with E-state index in [4.69, 9.17) is 15.9 Å². The Morgan fingerprint density at radius 2 is 1.78 bits per heavy atom. The van der Waals surface area contributed by atoms with Gasteiger partial charge in [-0.2, -0.15) is 0 Å². The Morgan fingerprint density at radius 1 is 1.00 bits per heavy atom. The van der Waals surface area contributed by atoms with Crippen LogP contribution in [0.5, 0.6) is 11.5 Å². The molecule has 1 fully saturated rings. The average molecular weight is 494 g/mol. The van der Waals surface area contributed by atoms with Crippen molar-refractivity contribution in [2.24, 2.45) is 0 Å². The highest BCUT2D eigenvalue weighted by molar-refractivity contribution is 6.16. The average Bonchev–Trinajstić information content (AvgIpc) is 2.94. The van der Waals surface area contributed by atoms with Crippen LogP contribution in [-0.2, 0) is 0 Å². The Morgan fingerprint density at radius 3 is 2.54 bits per heavy atom. The molecule has 186 valence electrons. The number of piperidine rings is 1. The van der Waals surface area contributed by atoms with Crippen LogP contribution < -0.4 is 15.8 Å². The van der Waals surface area contributed by atoms with Gasteiger partial charge in [-0.3, -0.25) is 15.2 Å². The third kappa shape index (κ3) is 5.56. The molecule has 0 radical (unpaired) electrons. The Hall–Kier alpha value is -4.79. The monoisotopic (exact) mass is 493 g/mol. The molecule has 2 aromatic heterocycles. The predicted octanol–water partition coefficient (Wildman–Crippen LogP) is 4.38. The van der Waals surface area contributed by atoms with Gasteiger partial charge in [-0.1, -0.05) is 18.2 Å². The lowest BCUT2D eigenvalue weighted by Crippen LogP contribution is -2.45. The number of hydrogen-bond donors (Lipinski definition) is 3. The van der Waals surface area contributed by atoms with E-state index in [0.717, 1.165) is 18.6 Å². The van der Waals surface area contributed by atoms with Gasteiger partial charge in [-0.25, -0.2) is 9.97 Å². The standard InChI is InChI=1S/C28H27N7O2/c29-25(19-10-12-23(13-11-19)37-22-8-2-1-3-9-22)24-26(30)32-18-33-27(24)34-21-7-5-15-35(17-21)28(36)20-6-4-14-31-16-20/h1-4,6,8-14,16,18,21,29H,5,7,15,17H2,(H3,30,32,33,34). The number of likely N-dealkylation sites (tertiary alicyclic amines) is 1. The first-order valence-corrected chi connectivity index (χ1v) is 12.1. The molecular weight excluding hydrogens is 466 g/mol. The fraction of sp³-hybridized carbons (Fsp3) is 0.179. The van der Waals surface area contributed by atoms with Gasteiger partial charge in [0.25, 0.3) is 5.91 Å². The summed E-state index contributed by atoms with van der Waals surface area (Å²) in [5.74, 6) is 2.04. The molecule has 3 heterocycles. The van der Waals surface area contributed by atoms with Gasteiger partial charge >= 0.3 is 0 Å². The van der Waals surface area contributed by atoms with Crippen molar-refractivity contribution >= 4 is 23.3 Å². The molecule has 5 rings (SSSR count). The zero-order chi connectivity index (χ0) is 25.6. The molecule has 2 aromatic carbocycles. The molecule has 0 aliphatic carbocycles. The second-order valence-corrected chi connectivity index (χ2v) is 8.77. The van der Waals surface area contributed by atoms with Crippen molar-refractivity contribution in [3.05, 3.63) is 102 Å². The van der Waals surface area contributed by atoms with Crippen molar-refractivity contribution in [2.45, 2.75) is 18.9 Å². The molecule has 1 aliphatic rings. The molecular formula is C28H27N7O2. The first-order valence-electron chi connectivity index (χ1n) is 12.1. The maximum Gasteiger partial charge on any atom is 0.255 e. The minimum atomic E-state index is -0.0485. The van der Waals surface area contributed by atoms with Gasteiger partial charge in [0.05, 0.1) is 16.8 Å². The number of ether oxygens (including phenoxy) is 1. The molecule has 0 spiro atoms. The van der Waals surface area contributed by atoms with Gasteiger partial charge < -0.3 is 20.7 Å². The molecule has 1 saturated heterocycles. The number of nitrogens with zero attached hydrogens (tertiary/aromatic N) is 4. The van der Waals surface area contributed by atoms with Gasteiger partial charge in [0.1, 0.15) is 29.5 Å². The number of carbonyl (C=O) groups is 1. The molecule has 1 unspecified atom stereocenters. The number of hydrogen-bond acceptors (Lipinski definition) is 8. The summed E-state index contributed by atoms with van der Waals surface area (Å²) in [4.78, 5) is 27.3. The van der Waals surface area contributed by atoms with E-state index in [1.54, 1.807) is 24.5 Å². The van der Waals surface area contributed by atoms with E-state index in [1.807, 2.05) is 59.5 Å². The number of nitrogens with two attached hydrogens (primary N) is 1. The van der Waals surface area contributed by atoms with E-state index in [2.05, 4.69) is 20.3 Å². The summed E-state index contributed by atoms with van der Waals surface area (Å²) < 4.78 is 5.86. The van der Waals surface area contributed by atoms with Gasteiger partial charge in [-0.05, 0) is 61.4 Å². The summed E-state index contributed by atoms with van der Waals surface area (Å²) in [6.45, 7) is 1.19. The number of pyridine rings is 1. The van der Waals surface area contributed by atoms with Crippen molar-refractivity contribution in [3.8, 4) is 11.5 Å². The van der Waals surface area contributed by atoms with Crippen molar-refractivity contribution in [1.29, 1.82) is 5.41 Å². The molecule has 0 saturated carbocycles. The lowest BCUT2D eigenvalue weighted by Gasteiger charge is -2.33. The van der Waals surface area contributed by atoms with Crippen LogP contribution in [0.2, 0.25) is 0 Å². The van der Waals surface area contributed by atoms with Crippen LogP contribution in [-0.4, -0.2) is 50.6 Å². The van der Waals surface area contributed by atoms with E-state index in [1.165, 1.54) is 6.33 Å². The van der Waals surface area contributed by atoms with Gasteiger partial charge in [0.2, 0.25) is 0 Å². The number of carbonyl (C=O) groups excluding carboxylic acids is 1. The SMILES string of the molecule is N=C(c1ccc(Oc2ccccc2)cc1)c1c(N)ncnc1NC1CCCN(C(=O)c2cccnc2)C1. The number of amides is 1. The first kappa shape index (κ1) is 23.9. The Balaban J connectivity index is 1.31. The van der Waals surface area contributed by atoms with Crippen LogP contribution in [0.1, 0.15) is 34.3 Å². The maximum atomic E-state index is 12.9. The van der Waals surface area contributed by atoms with Crippen LogP contribution in [0.25, 0.3) is 0 Å². The number of benzene rings is 2. The third-order valence-electron chi connectivity index (χ3n) is 6.21. The van der Waals surface area contributed by atoms with Crippen molar-refractivity contribution < 1.29 is 9.53 Å². The highest BCUT2D eigenvalue weighted by Crippen LogP contribution is 2.26. The van der Waals surface area contributed by atoms with Crippen molar-refractivity contribution in [3.63, 3.8) is 0 Å². The van der Waals surface area contributed by atoms with E-state index in [0.29, 0.717) is 41.3 Å². The molecule has 1 amide bonds. The zero-order valence-corrected chi connectivity index (χ0v) is 20.2. The Labute approximate surface area is 214 Å². The van der Waals surface area contributed by atoms with Gasteiger partial charge in [0, 0.05) is 37.1 Å². The number of aromatic nitrogens is 3. The molecule has 4 aromatic rings. The smallest absolute Gasteiger partial charge is 0.255 e. The number of rotatable bonds is 7. The number of nitrogens with one attached hydrogen (secondary N) is 2.